The summed E-state index contributed by atoms with van der Waals surface area (Å²) in [6, 6.07) is 5.60. The third kappa shape index (κ3) is 3.10. The number of nitrogens with one attached hydrogen (secondary N) is 1. The highest BCUT2D eigenvalue weighted by Gasteiger charge is 2.18. The zero-order chi connectivity index (χ0) is 12.3. The van der Waals surface area contributed by atoms with E-state index in [-0.39, 0.29) is 11.8 Å². The van der Waals surface area contributed by atoms with Crippen LogP contribution in [0.2, 0.25) is 5.02 Å². The first-order chi connectivity index (χ1) is 8.16. The second-order valence-electron chi connectivity index (χ2n) is 4.43. The van der Waals surface area contributed by atoms with Crippen LogP contribution in [-0.4, -0.2) is 5.91 Å². The molecule has 0 heterocycles. The van der Waals surface area contributed by atoms with Gasteiger partial charge in [0.1, 0.15) is 0 Å². The Morgan fingerprint density at radius 3 is 2.88 bits per heavy atom. The fourth-order valence-corrected chi connectivity index (χ4v) is 2.13. The number of anilines is 1. The van der Waals surface area contributed by atoms with Crippen LogP contribution in [0.4, 0.5) is 5.69 Å². The monoisotopic (exact) mass is 249 g/mol. The van der Waals surface area contributed by atoms with E-state index in [4.69, 9.17) is 11.6 Å². The van der Waals surface area contributed by atoms with Gasteiger partial charge in [0, 0.05) is 16.6 Å². The average molecular weight is 250 g/mol. The lowest BCUT2D eigenvalue weighted by atomic mass is 9.93. The van der Waals surface area contributed by atoms with Gasteiger partial charge in [0.15, 0.2) is 0 Å². The maximum atomic E-state index is 12.0. The molecular weight excluding hydrogens is 234 g/mol. The maximum Gasteiger partial charge on any atom is 0.227 e. The summed E-state index contributed by atoms with van der Waals surface area (Å²) in [5.74, 6) is 0.189. The molecule has 1 aromatic carbocycles. The van der Waals surface area contributed by atoms with Crippen LogP contribution in [0.3, 0.4) is 0 Å². The van der Waals surface area contributed by atoms with E-state index in [0.717, 1.165) is 30.5 Å². The van der Waals surface area contributed by atoms with E-state index in [1.54, 1.807) is 6.07 Å². The maximum absolute atomic E-state index is 12.0. The van der Waals surface area contributed by atoms with Gasteiger partial charge < -0.3 is 5.32 Å². The van der Waals surface area contributed by atoms with Gasteiger partial charge in [-0.25, -0.2) is 0 Å². The molecule has 0 bridgehead atoms. The van der Waals surface area contributed by atoms with Crippen molar-refractivity contribution < 1.29 is 4.79 Å². The van der Waals surface area contributed by atoms with Gasteiger partial charge in [0.2, 0.25) is 5.91 Å². The van der Waals surface area contributed by atoms with E-state index in [1.165, 1.54) is 0 Å². The van der Waals surface area contributed by atoms with E-state index < -0.39 is 0 Å². The minimum atomic E-state index is 0.0919. The summed E-state index contributed by atoms with van der Waals surface area (Å²) in [5.41, 5.74) is 1.80. The topological polar surface area (TPSA) is 29.1 Å². The molecule has 17 heavy (non-hydrogen) atoms. The molecule has 0 unspecified atom stereocenters. The van der Waals surface area contributed by atoms with Crippen molar-refractivity contribution in [2.24, 2.45) is 5.92 Å². The smallest absolute Gasteiger partial charge is 0.227 e. The first-order valence-corrected chi connectivity index (χ1v) is 6.26. The predicted molar refractivity (Wildman–Crippen MR) is 71.3 cm³/mol. The number of hydrogen-bond acceptors (Lipinski definition) is 1. The van der Waals surface area contributed by atoms with Crippen LogP contribution >= 0.6 is 11.6 Å². The highest BCUT2D eigenvalue weighted by Crippen LogP contribution is 2.23. The summed E-state index contributed by atoms with van der Waals surface area (Å²) >= 11 is 6.02. The van der Waals surface area contributed by atoms with Gasteiger partial charge in [-0.05, 0) is 43.9 Å². The lowest BCUT2D eigenvalue weighted by Gasteiger charge is -2.17. The van der Waals surface area contributed by atoms with Gasteiger partial charge in [-0.15, -0.1) is 0 Å². The normalized spacial score (nSPS) is 19.1. The third-order valence-electron chi connectivity index (χ3n) is 3.08. The molecule has 1 aromatic rings. The molecule has 2 rings (SSSR count). The van der Waals surface area contributed by atoms with Crippen LogP contribution < -0.4 is 5.32 Å². The minimum absolute atomic E-state index is 0.0919. The number of benzene rings is 1. The van der Waals surface area contributed by atoms with Crippen molar-refractivity contribution in [3.8, 4) is 0 Å². The van der Waals surface area contributed by atoms with Crippen LogP contribution in [0.1, 0.15) is 24.8 Å². The first-order valence-electron chi connectivity index (χ1n) is 5.89. The molecule has 0 aliphatic heterocycles. The molecule has 1 atom stereocenters. The summed E-state index contributed by atoms with van der Waals surface area (Å²) in [4.78, 5) is 12.0. The Morgan fingerprint density at radius 2 is 2.24 bits per heavy atom. The molecule has 1 N–H and O–H groups in total. The Labute approximate surface area is 107 Å². The average Bonchev–Trinajstić information content (AvgIpc) is 2.35. The molecule has 90 valence electrons. The summed E-state index contributed by atoms with van der Waals surface area (Å²) in [6.07, 6.45) is 6.97. The third-order valence-corrected chi connectivity index (χ3v) is 3.49. The van der Waals surface area contributed by atoms with Crippen molar-refractivity contribution in [1.29, 1.82) is 0 Å². The standard InChI is InChI=1S/C14H16ClNO/c1-10-7-8-12(9-13(10)15)16-14(17)11-5-3-2-4-6-11/h2-3,7-9,11H,4-6H2,1H3,(H,16,17)/t11-/m1/s1. The van der Waals surface area contributed by atoms with E-state index >= 15 is 0 Å². The van der Waals surface area contributed by atoms with Crippen molar-refractivity contribution in [3.63, 3.8) is 0 Å². The Balaban J connectivity index is 2.02. The fraction of sp³-hybridized carbons (Fsp3) is 0.357. The first kappa shape index (κ1) is 12.2. The lowest BCUT2D eigenvalue weighted by molar-refractivity contribution is -0.120. The van der Waals surface area contributed by atoms with Gasteiger partial charge in [-0.3, -0.25) is 4.79 Å². The van der Waals surface area contributed by atoms with Crippen molar-refractivity contribution in [2.45, 2.75) is 26.2 Å². The molecule has 3 heteroatoms. The number of carbonyl (C=O) groups excluding carboxylic acids is 1. The number of rotatable bonds is 2. The van der Waals surface area contributed by atoms with Gasteiger partial charge in [0.05, 0.1) is 0 Å². The number of amides is 1. The molecule has 0 aromatic heterocycles. The molecule has 1 amide bonds. The quantitative estimate of drug-likeness (QED) is 0.791. The molecule has 0 spiro atoms. The molecule has 0 fully saturated rings. The Kier molecular flexibility index (Phi) is 3.85. The van der Waals surface area contributed by atoms with Crippen molar-refractivity contribution in [2.75, 3.05) is 5.32 Å². The number of halogens is 1. The van der Waals surface area contributed by atoms with Crippen LogP contribution in [0, 0.1) is 12.8 Å². The van der Waals surface area contributed by atoms with Crippen LogP contribution in [-0.2, 0) is 4.79 Å². The number of hydrogen-bond donors (Lipinski definition) is 1. The number of carbonyl (C=O) groups is 1. The second-order valence-corrected chi connectivity index (χ2v) is 4.84. The van der Waals surface area contributed by atoms with Crippen molar-refractivity contribution in [1.82, 2.24) is 0 Å². The Hall–Kier alpha value is -1.28. The summed E-state index contributed by atoms with van der Waals surface area (Å²) < 4.78 is 0. The number of allylic oxidation sites excluding steroid dienone is 2. The van der Waals surface area contributed by atoms with Gasteiger partial charge in [-0.2, -0.15) is 0 Å². The minimum Gasteiger partial charge on any atom is -0.326 e. The largest absolute Gasteiger partial charge is 0.326 e. The van der Waals surface area contributed by atoms with E-state index in [2.05, 4.69) is 17.5 Å². The van der Waals surface area contributed by atoms with Crippen LogP contribution in [0.25, 0.3) is 0 Å². The summed E-state index contributed by atoms with van der Waals surface area (Å²) in [6.45, 7) is 1.94. The zero-order valence-electron chi connectivity index (χ0n) is 9.87. The zero-order valence-corrected chi connectivity index (χ0v) is 10.6. The Bertz CT molecular complexity index is 454. The summed E-state index contributed by atoms with van der Waals surface area (Å²) in [5, 5.41) is 3.61. The molecule has 1 aliphatic carbocycles. The summed E-state index contributed by atoms with van der Waals surface area (Å²) in [7, 11) is 0. The molecule has 0 radical (unpaired) electrons. The second kappa shape index (κ2) is 5.37. The molecular formula is C14H16ClNO. The van der Waals surface area contributed by atoms with Crippen molar-refractivity contribution in [3.05, 3.63) is 40.9 Å². The molecule has 0 saturated heterocycles. The predicted octanol–water partition coefficient (Wildman–Crippen LogP) is 3.94. The van der Waals surface area contributed by atoms with Crippen molar-refractivity contribution >= 4 is 23.2 Å². The number of aryl methyl sites for hydroxylation is 1. The van der Waals surface area contributed by atoms with E-state index in [1.807, 2.05) is 19.1 Å². The fourth-order valence-electron chi connectivity index (χ4n) is 1.95. The van der Waals surface area contributed by atoms with Gasteiger partial charge in [0.25, 0.3) is 0 Å². The SMILES string of the molecule is Cc1ccc(NC(=O)[C@@H]2CC=CCC2)cc1Cl. The Morgan fingerprint density at radius 1 is 1.41 bits per heavy atom. The highest BCUT2D eigenvalue weighted by molar-refractivity contribution is 6.31. The lowest BCUT2D eigenvalue weighted by Crippen LogP contribution is -2.23. The molecule has 1 aliphatic rings. The van der Waals surface area contributed by atoms with Gasteiger partial charge in [-0.1, -0.05) is 29.8 Å². The molecule has 0 saturated carbocycles. The van der Waals surface area contributed by atoms with E-state index in [0.29, 0.717) is 5.02 Å². The molecule has 2 nitrogen and oxygen atoms in total. The van der Waals surface area contributed by atoms with Crippen LogP contribution in [0.15, 0.2) is 30.4 Å². The van der Waals surface area contributed by atoms with E-state index in [9.17, 15) is 4.79 Å². The van der Waals surface area contributed by atoms with Gasteiger partial charge >= 0.3 is 0 Å². The highest BCUT2D eigenvalue weighted by atomic mass is 35.5. The van der Waals surface area contributed by atoms with Crippen LogP contribution in [0.5, 0.6) is 0 Å².